The molecule has 1 atom stereocenters. The Morgan fingerprint density at radius 2 is 1.33 bits per heavy atom. The molecule has 0 bridgehead atoms. The smallest absolute Gasteiger partial charge is 0.114 e. The molecule has 0 saturated heterocycles. The molecular weight excluding hydrogens is 387 g/mol. The monoisotopic (exact) mass is 444 g/mol. The van der Waals surface area contributed by atoms with Crippen LogP contribution in [0.15, 0.2) is 24.3 Å². The van der Waals surface area contributed by atoms with E-state index in [1.54, 1.807) is 25.6 Å². The van der Waals surface area contributed by atoms with Crippen LogP contribution < -0.4 is 0 Å². The van der Waals surface area contributed by atoms with E-state index in [1.165, 1.54) is 43.2 Å². The summed E-state index contributed by atoms with van der Waals surface area (Å²) in [7, 11) is 0. The molecule has 1 aromatic rings. The van der Waals surface area contributed by atoms with Gasteiger partial charge >= 0.3 is 0 Å². The molecule has 182 valence electrons. The van der Waals surface area contributed by atoms with E-state index in [2.05, 4.69) is 52.0 Å². The van der Waals surface area contributed by atoms with Gasteiger partial charge < -0.3 is 0 Å². The molecule has 0 N–H and O–H groups in total. The lowest BCUT2D eigenvalue weighted by atomic mass is 9.99. The SMILES string of the molecule is CC.CC.CC.CCCCC(CCC)CSCC(C)(C)F.CCc1ccc(C)cc1. The normalized spacial score (nSPS) is 10.6. The molecule has 0 aliphatic carbocycles. The van der Waals surface area contributed by atoms with E-state index in [0.29, 0.717) is 5.75 Å². The molecule has 0 spiro atoms. The number of hydrogen-bond acceptors (Lipinski definition) is 1. The topological polar surface area (TPSA) is 0 Å². The van der Waals surface area contributed by atoms with Gasteiger partial charge in [0, 0.05) is 5.75 Å². The van der Waals surface area contributed by atoms with Crippen LogP contribution in [-0.4, -0.2) is 17.2 Å². The van der Waals surface area contributed by atoms with Gasteiger partial charge in [-0.1, -0.05) is 111 Å². The molecule has 0 aliphatic rings. The predicted octanol–water partition coefficient (Wildman–Crippen LogP) is 10.7. The van der Waals surface area contributed by atoms with Gasteiger partial charge in [0.25, 0.3) is 0 Å². The molecule has 30 heavy (non-hydrogen) atoms. The van der Waals surface area contributed by atoms with Gasteiger partial charge in [0.05, 0.1) is 0 Å². The first-order chi connectivity index (χ1) is 14.3. The maximum Gasteiger partial charge on any atom is 0.114 e. The van der Waals surface area contributed by atoms with E-state index in [9.17, 15) is 4.39 Å². The van der Waals surface area contributed by atoms with Crippen LogP contribution in [0, 0.1) is 12.8 Å². The highest BCUT2D eigenvalue weighted by atomic mass is 32.2. The number of aryl methyl sites for hydroxylation is 2. The van der Waals surface area contributed by atoms with Crippen molar-refractivity contribution in [2.75, 3.05) is 11.5 Å². The van der Waals surface area contributed by atoms with Crippen molar-refractivity contribution < 1.29 is 4.39 Å². The average Bonchev–Trinajstić information content (AvgIpc) is 2.76. The molecule has 1 aromatic carbocycles. The third-order valence-electron chi connectivity index (χ3n) is 3.99. The number of hydrogen-bond donors (Lipinski definition) is 0. The van der Waals surface area contributed by atoms with Crippen molar-refractivity contribution in [3.05, 3.63) is 35.4 Å². The van der Waals surface area contributed by atoms with Crippen LogP contribution in [0.3, 0.4) is 0 Å². The van der Waals surface area contributed by atoms with Crippen LogP contribution in [0.1, 0.15) is 119 Å². The van der Waals surface area contributed by atoms with Gasteiger partial charge in [0.2, 0.25) is 0 Å². The van der Waals surface area contributed by atoms with Crippen molar-refractivity contribution in [2.45, 2.75) is 127 Å². The standard InChI is InChI=1S/C13H27FS.C9H12.3C2H6/c1-5-7-9-12(8-6-2)10-15-11-13(3,4)14;1-3-9-6-4-8(2)5-7-9;3*1-2/h12H,5-11H2,1-4H3;4-7H,3H2,1-2H3;3*1-2H3. The third-order valence-corrected chi connectivity index (χ3v) is 5.59. The minimum absolute atomic E-state index is 0.638. The van der Waals surface area contributed by atoms with E-state index in [0.717, 1.165) is 18.1 Å². The van der Waals surface area contributed by atoms with Crippen molar-refractivity contribution in [3.8, 4) is 0 Å². The molecule has 0 nitrogen and oxygen atoms in total. The predicted molar refractivity (Wildman–Crippen MR) is 145 cm³/mol. The van der Waals surface area contributed by atoms with Gasteiger partial charge in [-0.05, 0) is 57.3 Å². The van der Waals surface area contributed by atoms with Crippen molar-refractivity contribution in [3.63, 3.8) is 0 Å². The maximum absolute atomic E-state index is 13.3. The number of alkyl halides is 1. The number of rotatable bonds is 10. The highest BCUT2D eigenvalue weighted by Gasteiger charge is 2.16. The van der Waals surface area contributed by atoms with Crippen LogP contribution in [0.4, 0.5) is 4.39 Å². The van der Waals surface area contributed by atoms with Crippen LogP contribution in [0.2, 0.25) is 0 Å². The summed E-state index contributed by atoms with van der Waals surface area (Å²) >= 11 is 1.78. The van der Waals surface area contributed by atoms with E-state index >= 15 is 0 Å². The Morgan fingerprint density at radius 1 is 0.833 bits per heavy atom. The van der Waals surface area contributed by atoms with Gasteiger partial charge in [0.15, 0.2) is 0 Å². The molecule has 0 heterocycles. The Bertz CT molecular complexity index is 392. The molecular formula is C28H57FS. The first kappa shape index (κ1) is 36.8. The van der Waals surface area contributed by atoms with Gasteiger partial charge in [-0.2, -0.15) is 11.8 Å². The number of halogens is 1. The van der Waals surface area contributed by atoms with Crippen molar-refractivity contribution in [2.24, 2.45) is 5.92 Å². The zero-order valence-electron chi connectivity index (χ0n) is 22.8. The molecule has 1 unspecified atom stereocenters. The zero-order valence-corrected chi connectivity index (χ0v) is 23.6. The fourth-order valence-electron chi connectivity index (χ4n) is 2.50. The van der Waals surface area contributed by atoms with Crippen LogP contribution in [0.25, 0.3) is 0 Å². The second-order valence-electron chi connectivity index (χ2n) is 7.37. The van der Waals surface area contributed by atoms with E-state index in [4.69, 9.17) is 0 Å². The first-order valence-corrected chi connectivity index (χ1v) is 13.8. The molecule has 0 saturated carbocycles. The molecule has 0 aromatic heterocycles. The van der Waals surface area contributed by atoms with Crippen LogP contribution in [-0.2, 0) is 6.42 Å². The highest BCUT2D eigenvalue weighted by molar-refractivity contribution is 7.99. The number of unbranched alkanes of at least 4 members (excludes halogenated alkanes) is 1. The largest absolute Gasteiger partial charge is 0.244 e. The summed E-state index contributed by atoms with van der Waals surface area (Å²) in [5.41, 5.74) is 1.75. The summed E-state index contributed by atoms with van der Waals surface area (Å²) < 4.78 is 13.3. The molecule has 0 aliphatic heterocycles. The fourth-order valence-corrected chi connectivity index (χ4v) is 3.77. The summed E-state index contributed by atoms with van der Waals surface area (Å²) in [5.74, 6) is 2.59. The Labute approximate surface area is 196 Å². The molecule has 0 amide bonds. The average molecular weight is 445 g/mol. The Kier molecular flexibility index (Phi) is 35.0. The Balaban J connectivity index is -0.000000191. The van der Waals surface area contributed by atoms with E-state index < -0.39 is 5.67 Å². The number of benzene rings is 1. The minimum atomic E-state index is -1.01. The molecule has 0 radical (unpaired) electrons. The summed E-state index contributed by atoms with van der Waals surface area (Å²) in [6.45, 7) is 24.1. The number of thioether (sulfide) groups is 1. The van der Waals surface area contributed by atoms with E-state index in [1.807, 2.05) is 41.5 Å². The lowest BCUT2D eigenvalue weighted by Crippen LogP contribution is -2.17. The Hall–Kier alpha value is -0.500. The van der Waals surface area contributed by atoms with Gasteiger partial charge in [-0.3, -0.25) is 0 Å². The quantitative estimate of drug-likeness (QED) is 0.345. The lowest BCUT2D eigenvalue weighted by Gasteiger charge is -2.18. The zero-order chi connectivity index (χ0) is 24.4. The molecule has 0 fully saturated rings. The Morgan fingerprint density at radius 3 is 1.70 bits per heavy atom. The van der Waals surface area contributed by atoms with Gasteiger partial charge in [0.1, 0.15) is 5.67 Å². The summed E-state index contributed by atoms with van der Waals surface area (Å²) in [4.78, 5) is 0. The summed E-state index contributed by atoms with van der Waals surface area (Å²) in [6, 6.07) is 8.66. The van der Waals surface area contributed by atoms with Gasteiger partial charge in [-0.25, -0.2) is 4.39 Å². The van der Waals surface area contributed by atoms with Crippen molar-refractivity contribution in [1.82, 2.24) is 0 Å². The summed E-state index contributed by atoms with van der Waals surface area (Å²) in [6.07, 6.45) is 7.63. The first-order valence-electron chi connectivity index (χ1n) is 12.6. The van der Waals surface area contributed by atoms with Crippen LogP contribution >= 0.6 is 11.8 Å². The second-order valence-corrected chi connectivity index (χ2v) is 8.40. The minimum Gasteiger partial charge on any atom is -0.244 e. The van der Waals surface area contributed by atoms with Gasteiger partial charge in [-0.15, -0.1) is 0 Å². The lowest BCUT2D eigenvalue weighted by molar-refractivity contribution is 0.252. The molecule has 2 heteroatoms. The van der Waals surface area contributed by atoms with Crippen LogP contribution in [0.5, 0.6) is 0 Å². The fraction of sp³-hybridized carbons (Fsp3) is 0.786. The maximum atomic E-state index is 13.3. The molecule has 1 rings (SSSR count). The second kappa shape index (κ2) is 28.5. The van der Waals surface area contributed by atoms with E-state index in [-0.39, 0.29) is 0 Å². The van der Waals surface area contributed by atoms with Crippen molar-refractivity contribution in [1.29, 1.82) is 0 Å². The highest BCUT2D eigenvalue weighted by Crippen LogP contribution is 2.23. The van der Waals surface area contributed by atoms with Crippen molar-refractivity contribution >= 4 is 11.8 Å². The summed E-state index contributed by atoms with van der Waals surface area (Å²) in [5, 5.41) is 0. The third kappa shape index (κ3) is 29.7.